The lowest BCUT2D eigenvalue weighted by molar-refractivity contribution is 0.102. The number of rotatable bonds is 4. The van der Waals surface area contributed by atoms with Crippen molar-refractivity contribution >= 4 is 17.3 Å². The van der Waals surface area contributed by atoms with Crippen LogP contribution in [0, 0.1) is 0 Å². The molecule has 1 aliphatic heterocycles. The Bertz CT molecular complexity index is 959. The molecular formula is C20H21N5O2. The number of hydrogen-bond acceptors (Lipinski definition) is 5. The minimum Gasteiger partial charge on any atom is -0.397 e. The van der Waals surface area contributed by atoms with E-state index < -0.39 is 0 Å². The molecule has 0 saturated carbocycles. The average Bonchev–Trinajstić information content (AvgIpc) is 3.35. The Morgan fingerprint density at radius 3 is 2.81 bits per heavy atom. The average molecular weight is 363 g/mol. The van der Waals surface area contributed by atoms with Crippen molar-refractivity contribution in [3.8, 4) is 11.1 Å². The molecule has 0 radical (unpaired) electrons. The molecule has 0 bridgehead atoms. The fraction of sp³-hybridized carbons (Fsp3) is 0.250. The highest BCUT2D eigenvalue weighted by molar-refractivity contribution is 6.04. The third-order valence-electron chi connectivity index (χ3n) is 4.66. The van der Waals surface area contributed by atoms with Crippen LogP contribution < -0.4 is 11.1 Å². The SMILES string of the molecule is Cn1cc(-c2ccc(C(=O)Nc3cc(C4CCCO4)ccc3N)nc2)cn1. The van der Waals surface area contributed by atoms with E-state index in [4.69, 9.17) is 10.5 Å². The second kappa shape index (κ2) is 7.20. The van der Waals surface area contributed by atoms with Crippen molar-refractivity contribution in [2.24, 2.45) is 7.05 Å². The molecule has 1 fully saturated rings. The van der Waals surface area contributed by atoms with Crippen LogP contribution in [-0.2, 0) is 11.8 Å². The lowest BCUT2D eigenvalue weighted by Gasteiger charge is -2.14. The highest BCUT2D eigenvalue weighted by Gasteiger charge is 2.19. The number of carbonyl (C=O) groups is 1. The van der Waals surface area contributed by atoms with Gasteiger partial charge < -0.3 is 15.8 Å². The summed E-state index contributed by atoms with van der Waals surface area (Å²) in [7, 11) is 1.86. The Hall–Kier alpha value is -3.19. The van der Waals surface area contributed by atoms with Crippen LogP contribution in [0.3, 0.4) is 0 Å². The lowest BCUT2D eigenvalue weighted by Crippen LogP contribution is -2.15. The first kappa shape index (κ1) is 17.2. The summed E-state index contributed by atoms with van der Waals surface area (Å²) in [6.07, 6.45) is 7.41. The van der Waals surface area contributed by atoms with Gasteiger partial charge >= 0.3 is 0 Å². The molecule has 3 heterocycles. The van der Waals surface area contributed by atoms with Gasteiger partial charge in [0.2, 0.25) is 0 Å². The monoisotopic (exact) mass is 363 g/mol. The second-order valence-electron chi connectivity index (χ2n) is 6.64. The van der Waals surface area contributed by atoms with Gasteiger partial charge in [-0.25, -0.2) is 0 Å². The number of carbonyl (C=O) groups excluding carboxylic acids is 1. The highest BCUT2D eigenvalue weighted by Crippen LogP contribution is 2.32. The van der Waals surface area contributed by atoms with E-state index in [1.165, 1.54) is 0 Å². The molecule has 27 heavy (non-hydrogen) atoms. The number of nitrogens with two attached hydrogens (primary N) is 1. The maximum absolute atomic E-state index is 12.6. The summed E-state index contributed by atoms with van der Waals surface area (Å²) in [6.45, 7) is 0.768. The van der Waals surface area contributed by atoms with Gasteiger partial charge in [-0.2, -0.15) is 5.10 Å². The third-order valence-corrected chi connectivity index (χ3v) is 4.66. The number of anilines is 2. The minimum atomic E-state index is -0.302. The first-order chi connectivity index (χ1) is 13.1. The molecule has 2 aromatic heterocycles. The van der Waals surface area contributed by atoms with Crippen LogP contribution in [0.15, 0.2) is 48.9 Å². The van der Waals surface area contributed by atoms with Gasteiger partial charge in [-0.3, -0.25) is 14.5 Å². The van der Waals surface area contributed by atoms with E-state index in [2.05, 4.69) is 15.4 Å². The largest absolute Gasteiger partial charge is 0.397 e. The summed E-state index contributed by atoms with van der Waals surface area (Å²) in [4.78, 5) is 16.8. The Morgan fingerprint density at radius 1 is 1.26 bits per heavy atom. The first-order valence-corrected chi connectivity index (χ1v) is 8.87. The van der Waals surface area contributed by atoms with Crippen molar-refractivity contribution in [3.05, 3.63) is 60.2 Å². The lowest BCUT2D eigenvalue weighted by atomic mass is 10.1. The highest BCUT2D eigenvalue weighted by atomic mass is 16.5. The molecule has 0 aliphatic carbocycles. The topological polar surface area (TPSA) is 95.1 Å². The van der Waals surface area contributed by atoms with Crippen molar-refractivity contribution in [2.75, 3.05) is 17.7 Å². The van der Waals surface area contributed by atoms with E-state index in [-0.39, 0.29) is 12.0 Å². The van der Waals surface area contributed by atoms with Crippen molar-refractivity contribution in [1.82, 2.24) is 14.8 Å². The molecule has 1 amide bonds. The third kappa shape index (κ3) is 3.68. The quantitative estimate of drug-likeness (QED) is 0.694. The Morgan fingerprint density at radius 2 is 2.15 bits per heavy atom. The van der Waals surface area contributed by atoms with Gasteiger partial charge in [-0.1, -0.05) is 12.1 Å². The molecule has 1 aliphatic rings. The van der Waals surface area contributed by atoms with Gasteiger partial charge in [0.1, 0.15) is 5.69 Å². The van der Waals surface area contributed by atoms with Crippen LogP contribution in [0.5, 0.6) is 0 Å². The van der Waals surface area contributed by atoms with Gasteiger partial charge in [0.25, 0.3) is 5.91 Å². The number of pyridine rings is 1. The number of nitrogens with zero attached hydrogens (tertiary/aromatic N) is 3. The van der Waals surface area contributed by atoms with Crippen LogP contribution >= 0.6 is 0 Å². The number of amides is 1. The summed E-state index contributed by atoms with van der Waals surface area (Å²) in [5.41, 5.74) is 10.3. The zero-order valence-electron chi connectivity index (χ0n) is 15.1. The first-order valence-electron chi connectivity index (χ1n) is 8.87. The standard InChI is InChI=1S/C20H21N5O2/c1-25-12-15(11-23-25)14-5-7-17(22-10-14)20(26)24-18-9-13(4-6-16(18)21)19-3-2-8-27-19/h4-7,9-12,19H,2-3,8,21H2,1H3,(H,24,26). The summed E-state index contributed by atoms with van der Waals surface area (Å²) in [6, 6.07) is 9.17. The van der Waals surface area contributed by atoms with Gasteiger partial charge in [-0.05, 0) is 36.6 Å². The zero-order chi connectivity index (χ0) is 18.8. The van der Waals surface area contributed by atoms with E-state index in [1.54, 1.807) is 29.2 Å². The van der Waals surface area contributed by atoms with Crippen LogP contribution in [0.4, 0.5) is 11.4 Å². The molecule has 4 rings (SSSR count). The van der Waals surface area contributed by atoms with Gasteiger partial charge in [0.15, 0.2) is 0 Å². The molecule has 3 aromatic rings. The number of aryl methyl sites for hydroxylation is 1. The molecule has 7 nitrogen and oxygen atoms in total. The molecule has 1 aromatic carbocycles. The molecule has 7 heteroatoms. The predicted octanol–water partition coefficient (Wildman–Crippen LogP) is 3.17. The van der Waals surface area contributed by atoms with E-state index >= 15 is 0 Å². The van der Waals surface area contributed by atoms with Gasteiger partial charge in [0.05, 0.1) is 23.7 Å². The molecular weight excluding hydrogens is 342 g/mol. The van der Waals surface area contributed by atoms with E-state index in [9.17, 15) is 4.79 Å². The molecule has 3 N–H and O–H groups in total. The number of nitrogens with one attached hydrogen (secondary N) is 1. The summed E-state index contributed by atoms with van der Waals surface area (Å²) < 4.78 is 7.43. The molecule has 1 unspecified atom stereocenters. The van der Waals surface area contributed by atoms with Crippen molar-refractivity contribution in [2.45, 2.75) is 18.9 Å². The normalized spacial score (nSPS) is 16.4. The number of nitrogen functional groups attached to an aromatic ring is 1. The van der Waals surface area contributed by atoms with Crippen molar-refractivity contribution in [1.29, 1.82) is 0 Å². The number of aromatic nitrogens is 3. The van der Waals surface area contributed by atoms with E-state index in [0.717, 1.165) is 36.1 Å². The fourth-order valence-electron chi connectivity index (χ4n) is 3.18. The Labute approximate surface area is 157 Å². The maximum atomic E-state index is 12.6. The van der Waals surface area contributed by atoms with Crippen molar-refractivity contribution in [3.63, 3.8) is 0 Å². The van der Waals surface area contributed by atoms with Gasteiger partial charge in [0, 0.05) is 37.2 Å². The molecule has 138 valence electrons. The predicted molar refractivity (Wildman–Crippen MR) is 103 cm³/mol. The number of hydrogen-bond donors (Lipinski definition) is 2. The van der Waals surface area contributed by atoms with Crippen LogP contribution in [-0.4, -0.2) is 27.3 Å². The molecule has 0 spiro atoms. The van der Waals surface area contributed by atoms with Crippen LogP contribution in [0.1, 0.15) is 35.0 Å². The van der Waals surface area contributed by atoms with E-state index in [1.807, 2.05) is 31.4 Å². The number of ether oxygens (including phenoxy) is 1. The number of benzene rings is 1. The van der Waals surface area contributed by atoms with Gasteiger partial charge in [-0.15, -0.1) is 0 Å². The van der Waals surface area contributed by atoms with Crippen LogP contribution in [0.25, 0.3) is 11.1 Å². The van der Waals surface area contributed by atoms with Crippen molar-refractivity contribution < 1.29 is 9.53 Å². The zero-order valence-corrected chi connectivity index (χ0v) is 15.1. The minimum absolute atomic E-state index is 0.0677. The second-order valence-corrected chi connectivity index (χ2v) is 6.64. The summed E-state index contributed by atoms with van der Waals surface area (Å²) in [5, 5.41) is 7.00. The van der Waals surface area contributed by atoms with Crippen LogP contribution in [0.2, 0.25) is 0 Å². The van der Waals surface area contributed by atoms with E-state index in [0.29, 0.717) is 17.1 Å². The molecule has 1 saturated heterocycles. The fourth-order valence-corrected chi connectivity index (χ4v) is 3.18. The Balaban J connectivity index is 1.51. The maximum Gasteiger partial charge on any atom is 0.274 e. The summed E-state index contributed by atoms with van der Waals surface area (Å²) in [5.74, 6) is -0.302. The Kier molecular flexibility index (Phi) is 4.60. The summed E-state index contributed by atoms with van der Waals surface area (Å²) >= 11 is 0. The molecule has 1 atom stereocenters. The smallest absolute Gasteiger partial charge is 0.274 e.